The van der Waals surface area contributed by atoms with Crippen molar-refractivity contribution in [2.45, 2.75) is 57.4 Å². The number of amides is 2. The molecule has 5 rings (SSSR count). The summed E-state index contributed by atoms with van der Waals surface area (Å²) in [5.74, 6) is 0.363. The molecule has 3 aliphatic rings. The van der Waals surface area contributed by atoms with Crippen LogP contribution >= 0.6 is 0 Å². The number of carbonyl (C=O) groups is 2. The smallest absolute Gasteiger partial charge is 0.268 e. The number of hydrogen-bond donors (Lipinski definition) is 2. The van der Waals surface area contributed by atoms with Crippen molar-refractivity contribution in [3.8, 4) is 0 Å². The molecule has 0 aromatic carbocycles. The number of nitrogens with zero attached hydrogens (tertiary/aromatic N) is 2. The van der Waals surface area contributed by atoms with Crippen LogP contribution in [0.2, 0.25) is 0 Å². The fraction of sp³-hybridized carbons (Fsp3) is 0.571. The van der Waals surface area contributed by atoms with Crippen LogP contribution in [0.5, 0.6) is 0 Å². The number of hydrogen-bond acceptors (Lipinski definition) is 3. The summed E-state index contributed by atoms with van der Waals surface area (Å²) in [5.41, 5.74) is 2.99. The maximum atomic E-state index is 12.7. The molecular weight excluding hydrogens is 340 g/mol. The van der Waals surface area contributed by atoms with Gasteiger partial charge in [0.05, 0.1) is 11.7 Å². The SMILES string of the molecule is C[C@@H](NC(=O)c1cc2cc(C3CC3)ncc2[nH]1)C(=O)N1CCC2(CC1)CC2. The molecule has 0 bridgehead atoms. The Balaban J connectivity index is 1.23. The summed E-state index contributed by atoms with van der Waals surface area (Å²) in [7, 11) is 0. The maximum absolute atomic E-state index is 12.7. The molecule has 1 spiro atoms. The van der Waals surface area contributed by atoms with Crippen molar-refractivity contribution in [1.29, 1.82) is 0 Å². The van der Waals surface area contributed by atoms with Crippen LogP contribution in [0.15, 0.2) is 18.3 Å². The van der Waals surface area contributed by atoms with Crippen molar-refractivity contribution in [3.05, 3.63) is 29.7 Å². The molecule has 1 atom stereocenters. The van der Waals surface area contributed by atoms with Crippen molar-refractivity contribution in [2.75, 3.05) is 13.1 Å². The Morgan fingerprint density at radius 1 is 1.22 bits per heavy atom. The van der Waals surface area contributed by atoms with Crippen molar-refractivity contribution >= 4 is 22.7 Å². The molecule has 27 heavy (non-hydrogen) atoms. The number of nitrogens with one attached hydrogen (secondary N) is 2. The molecule has 3 heterocycles. The lowest BCUT2D eigenvalue weighted by Gasteiger charge is -2.33. The van der Waals surface area contributed by atoms with E-state index in [2.05, 4.69) is 21.4 Å². The van der Waals surface area contributed by atoms with Gasteiger partial charge in [0.15, 0.2) is 0 Å². The van der Waals surface area contributed by atoms with Crippen LogP contribution in [0, 0.1) is 5.41 Å². The van der Waals surface area contributed by atoms with Crippen LogP contribution in [-0.2, 0) is 4.79 Å². The minimum Gasteiger partial charge on any atom is -0.349 e. The molecule has 0 unspecified atom stereocenters. The van der Waals surface area contributed by atoms with Gasteiger partial charge in [-0.05, 0) is 63.0 Å². The second-order valence-electron chi connectivity index (χ2n) is 8.67. The van der Waals surface area contributed by atoms with E-state index in [1.807, 2.05) is 11.0 Å². The number of aromatic nitrogens is 2. The lowest BCUT2D eigenvalue weighted by molar-refractivity contribution is -0.134. The van der Waals surface area contributed by atoms with Gasteiger partial charge in [0.1, 0.15) is 11.7 Å². The first kappa shape index (κ1) is 16.8. The molecule has 6 nitrogen and oxygen atoms in total. The third-order valence-corrected chi connectivity index (χ3v) is 6.58. The summed E-state index contributed by atoms with van der Waals surface area (Å²) in [5, 5.41) is 3.86. The lowest BCUT2D eigenvalue weighted by atomic mass is 9.93. The molecule has 6 heteroatoms. The molecule has 1 saturated heterocycles. The van der Waals surface area contributed by atoms with Gasteiger partial charge in [0.25, 0.3) is 5.91 Å². The average Bonchev–Trinajstić information content (AvgIpc) is 3.60. The van der Waals surface area contributed by atoms with Crippen molar-refractivity contribution in [1.82, 2.24) is 20.2 Å². The molecule has 2 N–H and O–H groups in total. The van der Waals surface area contributed by atoms with Crippen molar-refractivity contribution in [3.63, 3.8) is 0 Å². The molecule has 2 saturated carbocycles. The zero-order valence-electron chi connectivity index (χ0n) is 15.8. The second kappa shape index (κ2) is 6.08. The van der Waals surface area contributed by atoms with Crippen LogP contribution < -0.4 is 5.32 Å². The first-order valence-corrected chi connectivity index (χ1v) is 10.1. The van der Waals surface area contributed by atoms with Gasteiger partial charge < -0.3 is 15.2 Å². The van der Waals surface area contributed by atoms with Crippen molar-refractivity contribution in [2.24, 2.45) is 5.41 Å². The predicted octanol–water partition coefficient (Wildman–Crippen LogP) is 2.96. The first-order valence-electron chi connectivity index (χ1n) is 10.1. The second-order valence-corrected chi connectivity index (χ2v) is 8.67. The molecule has 0 radical (unpaired) electrons. The molecule has 142 valence electrons. The summed E-state index contributed by atoms with van der Waals surface area (Å²) in [6.07, 6.45) is 9.06. The van der Waals surface area contributed by atoms with Gasteiger partial charge in [0, 0.05) is 30.1 Å². The fourth-order valence-corrected chi connectivity index (χ4v) is 4.26. The molecule has 2 aromatic heterocycles. The van der Waals surface area contributed by atoms with E-state index in [1.54, 1.807) is 13.1 Å². The third kappa shape index (κ3) is 3.22. The Morgan fingerprint density at radius 3 is 2.63 bits per heavy atom. The van der Waals surface area contributed by atoms with E-state index in [0.29, 0.717) is 17.0 Å². The van der Waals surface area contributed by atoms with E-state index < -0.39 is 6.04 Å². The molecule has 2 aliphatic carbocycles. The van der Waals surface area contributed by atoms with Crippen LogP contribution in [0.25, 0.3) is 10.9 Å². The average molecular weight is 366 g/mol. The lowest BCUT2D eigenvalue weighted by Crippen LogP contribution is -2.49. The summed E-state index contributed by atoms with van der Waals surface area (Å²) < 4.78 is 0. The Hall–Kier alpha value is -2.37. The van der Waals surface area contributed by atoms with E-state index in [4.69, 9.17) is 0 Å². The van der Waals surface area contributed by atoms with Crippen LogP contribution in [0.4, 0.5) is 0 Å². The predicted molar refractivity (Wildman–Crippen MR) is 102 cm³/mol. The van der Waals surface area contributed by atoms with Gasteiger partial charge >= 0.3 is 0 Å². The standard InChI is InChI=1S/C21H26N4O2/c1-13(20(27)25-8-6-21(4-5-21)7-9-25)23-19(26)17-11-15-10-16(14-2-3-14)22-12-18(15)24-17/h10-14,24H,2-9H2,1H3,(H,23,26)/t13-/m1/s1. The van der Waals surface area contributed by atoms with Crippen LogP contribution in [-0.4, -0.2) is 45.8 Å². The van der Waals surface area contributed by atoms with Gasteiger partial charge in [-0.15, -0.1) is 0 Å². The topological polar surface area (TPSA) is 78.1 Å². The van der Waals surface area contributed by atoms with E-state index >= 15 is 0 Å². The highest BCUT2D eigenvalue weighted by Crippen LogP contribution is 2.53. The van der Waals surface area contributed by atoms with Gasteiger partial charge in [-0.2, -0.15) is 0 Å². The van der Waals surface area contributed by atoms with E-state index in [9.17, 15) is 9.59 Å². The maximum Gasteiger partial charge on any atom is 0.268 e. The Labute approximate surface area is 158 Å². The van der Waals surface area contributed by atoms with Crippen LogP contribution in [0.1, 0.15) is 67.5 Å². The number of pyridine rings is 1. The number of fused-ring (bicyclic) bond motifs is 1. The minimum atomic E-state index is -0.516. The Bertz CT molecular complexity index is 900. The number of rotatable bonds is 4. The highest BCUT2D eigenvalue weighted by molar-refractivity contribution is 6.00. The highest BCUT2D eigenvalue weighted by atomic mass is 16.2. The molecule has 1 aliphatic heterocycles. The zero-order valence-corrected chi connectivity index (χ0v) is 15.8. The highest BCUT2D eigenvalue weighted by Gasteiger charge is 2.45. The van der Waals surface area contributed by atoms with E-state index in [-0.39, 0.29) is 11.8 Å². The minimum absolute atomic E-state index is 0.0210. The summed E-state index contributed by atoms with van der Waals surface area (Å²) in [6.45, 7) is 3.42. The van der Waals surface area contributed by atoms with Gasteiger partial charge in [-0.25, -0.2) is 0 Å². The summed E-state index contributed by atoms with van der Waals surface area (Å²) in [4.78, 5) is 34.8. The van der Waals surface area contributed by atoms with Gasteiger partial charge in [-0.3, -0.25) is 14.6 Å². The normalized spacial score (nSPS) is 22.0. The number of likely N-dealkylation sites (tertiary alicyclic amines) is 1. The Kier molecular flexibility index (Phi) is 3.78. The van der Waals surface area contributed by atoms with E-state index in [1.165, 1.54) is 25.7 Å². The van der Waals surface area contributed by atoms with Crippen LogP contribution in [0.3, 0.4) is 0 Å². The summed E-state index contributed by atoms with van der Waals surface area (Å²) >= 11 is 0. The third-order valence-electron chi connectivity index (χ3n) is 6.58. The first-order chi connectivity index (χ1) is 13.0. The van der Waals surface area contributed by atoms with Gasteiger partial charge in [-0.1, -0.05) is 0 Å². The monoisotopic (exact) mass is 366 g/mol. The molecule has 2 aromatic rings. The number of carbonyl (C=O) groups excluding carboxylic acids is 2. The molecule has 2 amide bonds. The number of aromatic amines is 1. The zero-order chi connectivity index (χ0) is 18.6. The number of H-pyrrole nitrogens is 1. The van der Waals surface area contributed by atoms with E-state index in [0.717, 1.165) is 42.5 Å². The fourth-order valence-electron chi connectivity index (χ4n) is 4.26. The quantitative estimate of drug-likeness (QED) is 0.873. The molecular formula is C21H26N4O2. The number of piperidine rings is 1. The summed E-state index contributed by atoms with van der Waals surface area (Å²) in [6, 6.07) is 3.40. The van der Waals surface area contributed by atoms with Crippen molar-refractivity contribution < 1.29 is 9.59 Å². The molecule has 3 fully saturated rings. The van der Waals surface area contributed by atoms with Gasteiger partial charge in [0.2, 0.25) is 5.91 Å². The largest absolute Gasteiger partial charge is 0.349 e. The Morgan fingerprint density at radius 2 is 1.96 bits per heavy atom.